The van der Waals surface area contributed by atoms with Crippen LogP contribution in [0.2, 0.25) is 0 Å². The van der Waals surface area contributed by atoms with Gasteiger partial charge < -0.3 is 5.32 Å². The summed E-state index contributed by atoms with van der Waals surface area (Å²) in [7, 11) is 0. The van der Waals surface area contributed by atoms with E-state index in [1.807, 2.05) is 17.4 Å². The van der Waals surface area contributed by atoms with Gasteiger partial charge in [-0.2, -0.15) is 0 Å². The van der Waals surface area contributed by atoms with Crippen molar-refractivity contribution in [1.82, 2.24) is 10.2 Å². The van der Waals surface area contributed by atoms with Crippen LogP contribution in [-0.4, -0.2) is 31.1 Å². The molecule has 0 aromatic carbocycles. The Labute approximate surface area is 115 Å². The fraction of sp³-hybridized carbons (Fsp3) is 0.600. The van der Waals surface area contributed by atoms with Crippen LogP contribution in [0.1, 0.15) is 35.6 Å². The van der Waals surface area contributed by atoms with Gasteiger partial charge in [0.25, 0.3) is 0 Å². The SMILES string of the molecule is C=CCC[C@@H](c1ccc(CC)s1)N1CCNCC1. The maximum Gasteiger partial charge on any atom is 0.0445 e. The first-order valence-electron chi connectivity index (χ1n) is 6.99. The van der Waals surface area contributed by atoms with Crippen LogP contribution in [-0.2, 0) is 6.42 Å². The summed E-state index contributed by atoms with van der Waals surface area (Å²) in [5, 5.41) is 3.44. The maximum atomic E-state index is 3.87. The molecule has 0 unspecified atom stereocenters. The lowest BCUT2D eigenvalue weighted by Crippen LogP contribution is -2.45. The zero-order valence-corrected chi connectivity index (χ0v) is 12.1. The number of hydrogen-bond acceptors (Lipinski definition) is 3. The number of piperazine rings is 1. The van der Waals surface area contributed by atoms with Crippen LogP contribution in [0.4, 0.5) is 0 Å². The molecule has 1 saturated heterocycles. The van der Waals surface area contributed by atoms with Crippen LogP contribution < -0.4 is 5.32 Å². The van der Waals surface area contributed by atoms with Gasteiger partial charge in [0.05, 0.1) is 0 Å². The first kappa shape index (κ1) is 13.8. The van der Waals surface area contributed by atoms with Crippen LogP contribution >= 0.6 is 11.3 Å². The number of allylic oxidation sites excluding steroid dienone is 1. The highest BCUT2D eigenvalue weighted by molar-refractivity contribution is 7.12. The number of hydrogen-bond donors (Lipinski definition) is 1. The predicted molar refractivity (Wildman–Crippen MR) is 80.3 cm³/mol. The van der Waals surface area contributed by atoms with E-state index in [1.165, 1.54) is 29.3 Å². The number of thiophene rings is 1. The van der Waals surface area contributed by atoms with E-state index in [0.29, 0.717) is 6.04 Å². The zero-order valence-electron chi connectivity index (χ0n) is 11.3. The van der Waals surface area contributed by atoms with E-state index in [-0.39, 0.29) is 0 Å². The van der Waals surface area contributed by atoms with Gasteiger partial charge in [-0.05, 0) is 31.4 Å². The first-order chi connectivity index (χ1) is 8.85. The van der Waals surface area contributed by atoms with Crippen molar-refractivity contribution in [2.75, 3.05) is 26.2 Å². The molecule has 0 saturated carbocycles. The lowest BCUT2D eigenvalue weighted by atomic mass is 10.1. The van der Waals surface area contributed by atoms with Crippen molar-refractivity contribution in [3.8, 4) is 0 Å². The Hall–Kier alpha value is -0.640. The molecule has 1 fully saturated rings. The van der Waals surface area contributed by atoms with Crippen molar-refractivity contribution in [3.05, 3.63) is 34.5 Å². The van der Waals surface area contributed by atoms with Gasteiger partial charge in [0.1, 0.15) is 0 Å². The van der Waals surface area contributed by atoms with E-state index in [1.54, 1.807) is 0 Å². The molecule has 0 bridgehead atoms. The summed E-state index contributed by atoms with van der Waals surface area (Å²) in [5.74, 6) is 0. The lowest BCUT2D eigenvalue weighted by Gasteiger charge is -2.34. The Balaban J connectivity index is 2.09. The van der Waals surface area contributed by atoms with Crippen molar-refractivity contribution in [1.29, 1.82) is 0 Å². The Kier molecular flexibility index (Phi) is 5.42. The molecule has 2 nitrogen and oxygen atoms in total. The van der Waals surface area contributed by atoms with Gasteiger partial charge in [0, 0.05) is 42.0 Å². The minimum absolute atomic E-state index is 0.593. The summed E-state index contributed by atoms with van der Waals surface area (Å²) in [6.45, 7) is 10.7. The quantitative estimate of drug-likeness (QED) is 0.794. The summed E-state index contributed by atoms with van der Waals surface area (Å²) in [6.07, 6.45) is 5.51. The second-order valence-electron chi connectivity index (χ2n) is 4.83. The largest absolute Gasteiger partial charge is 0.314 e. The minimum Gasteiger partial charge on any atom is -0.314 e. The predicted octanol–water partition coefficient (Wildman–Crippen LogP) is 3.22. The summed E-state index contributed by atoms with van der Waals surface area (Å²) in [6, 6.07) is 5.22. The second-order valence-corrected chi connectivity index (χ2v) is 6.03. The van der Waals surface area contributed by atoms with E-state index in [4.69, 9.17) is 0 Å². The fourth-order valence-corrected chi connectivity index (χ4v) is 3.66. The molecule has 1 aromatic rings. The summed E-state index contributed by atoms with van der Waals surface area (Å²) < 4.78 is 0. The van der Waals surface area contributed by atoms with Gasteiger partial charge in [-0.25, -0.2) is 0 Å². The first-order valence-corrected chi connectivity index (χ1v) is 7.81. The van der Waals surface area contributed by atoms with Gasteiger partial charge in [-0.1, -0.05) is 13.0 Å². The molecule has 1 aliphatic heterocycles. The van der Waals surface area contributed by atoms with E-state index in [0.717, 1.165) is 25.9 Å². The van der Waals surface area contributed by atoms with Crippen molar-refractivity contribution in [2.24, 2.45) is 0 Å². The minimum atomic E-state index is 0.593. The number of aryl methyl sites for hydroxylation is 1. The molecule has 0 aliphatic carbocycles. The number of nitrogens with zero attached hydrogens (tertiary/aromatic N) is 1. The van der Waals surface area contributed by atoms with Crippen molar-refractivity contribution < 1.29 is 0 Å². The maximum absolute atomic E-state index is 3.87. The highest BCUT2D eigenvalue weighted by Gasteiger charge is 2.22. The third-order valence-corrected chi connectivity index (χ3v) is 4.93. The third-order valence-electron chi connectivity index (χ3n) is 3.60. The highest BCUT2D eigenvalue weighted by atomic mass is 32.1. The zero-order chi connectivity index (χ0) is 12.8. The van der Waals surface area contributed by atoms with Crippen LogP contribution in [0.25, 0.3) is 0 Å². The Morgan fingerprint density at radius 2 is 2.22 bits per heavy atom. The molecule has 0 radical (unpaired) electrons. The van der Waals surface area contributed by atoms with Crippen molar-refractivity contribution in [3.63, 3.8) is 0 Å². The Morgan fingerprint density at radius 3 is 2.83 bits per heavy atom. The summed E-state index contributed by atoms with van der Waals surface area (Å²) in [5.41, 5.74) is 0. The third kappa shape index (κ3) is 3.44. The molecule has 0 amide bonds. The summed E-state index contributed by atoms with van der Waals surface area (Å²) in [4.78, 5) is 5.67. The number of rotatable bonds is 6. The molecule has 2 rings (SSSR count). The standard InChI is InChI=1S/C15H24N2S/c1-3-5-6-14(17-11-9-16-10-12-17)15-8-7-13(4-2)18-15/h3,7-8,14,16H,1,4-6,9-12H2,2H3/t14-/m0/s1. The van der Waals surface area contributed by atoms with Gasteiger partial charge >= 0.3 is 0 Å². The van der Waals surface area contributed by atoms with Crippen LogP contribution in [0, 0.1) is 0 Å². The van der Waals surface area contributed by atoms with Crippen molar-refractivity contribution in [2.45, 2.75) is 32.2 Å². The molecule has 3 heteroatoms. The van der Waals surface area contributed by atoms with Crippen LogP contribution in [0.15, 0.2) is 24.8 Å². The van der Waals surface area contributed by atoms with Gasteiger partial charge in [-0.3, -0.25) is 4.90 Å². The Bertz CT molecular complexity index is 366. The van der Waals surface area contributed by atoms with Crippen LogP contribution in [0.5, 0.6) is 0 Å². The molecule has 18 heavy (non-hydrogen) atoms. The highest BCUT2D eigenvalue weighted by Crippen LogP contribution is 2.32. The normalized spacial score (nSPS) is 18.7. The molecule has 1 N–H and O–H groups in total. The molecule has 1 aliphatic rings. The monoisotopic (exact) mass is 264 g/mol. The molecule has 2 heterocycles. The van der Waals surface area contributed by atoms with E-state index in [9.17, 15) is 0 Å². The van der Waals surface area contributed by atoms with Gasteiger partial charge in [-0.15, -0.1) is 17.9 Å². The van der Waals surface area contributed by atoms with Gasteiger partial charge in [0.2, 0.25) is 0 Å². The van der Waals surface area contributed by atoms with Crippen LogP contribution in [0.3, 0.4) is 0 Å². The second kappa shape index (κ2) is 7.07. The average molecular weight is 264 g/mol. The fourth-order valence-electron chi connectivity index (χ4n) is 2.54. The van der Waals surface area contributed by atoms with Crippen molar-refractivity contribution >= 4 is 11.3 Å². The molecule has 100 valence electrons. The summed E-state index contributed by atoms with van der Waals surface area (Å²) >= 11 is 1.99. The molecule has 1 aromatic heterocycles. The molecule has 1 atom stereocenters. The van der Waals surface area contributed by atoms with E-state index >= 15 is 0 Å². The van der Waals surface area contributed by atoms with E-state index in [2.05, 4.69) is 35.9 Å². The van der Waals surface area contributed by atoms with E-state index < -0.39 is 0 Å². The molecule has 0 spiro atoms. The molecular weight excluding hydrogens is 240 g/mol. The smallest absolute Gasteiger partial charge is 0.0445 e. The lowest BCUT2D eigenvalue weighted by molar-refractivity contribution is 0.168. The topological polar surface area (TPSA) is 15.3 Å². The average Bonchev–Trinajstić information content (AvgIpc) is 2.89. The van der Waals surface area contributed by atoms with Gasteiger partial charge in [0.15, 0.2) is 0 Å². The number of nitrogens with one attached hydrogen (secondary N) is 1. The Morgan fingerprint density at radius 1 is 1.44 bits per heavy atom. The molecular formula is C15H24N2S.